The minimum Gasteiger partial charge on any atom is -0.374 e. The van der Waals surface area contributed by atoms with Crippen molar-refractivity contribution < 1.29 is 9.72 Å². The highest BCUT2D eigenvalue weighted by molar-refractivity contribution is 7.99. The van der Waals surface area contributed by atoms with Crippen LogP contribution in [0.5, 0.6) is 0 Å². The van der Waals surface area contributed by atoms with Crippen LogP contribution in [0.25, 0.3) is 0 Å². The van der Waals surface area contributed by atoms with Crippen LogP contribution in [0.15, 0.2) is 48.5 Å². The van der Waals surface area contributed by atoms with E-state index < -0.39 is 11.0 Å². The molecule has 3 rings (SSSR count). The van der Waals surface area contributed by atoms with E-state index in [1.807, 2.05) is 23.9 Å². The predicted octanol–water partition coefficient (Wildman–Crippen LogP) is 3.63. The molecule has 8 heteroatoms. The quantitative estimate of drug-likeness (QED) is 0.507. The molecule has 1 saturated heterocycles. The number of benzene rings is 2. The van der Waals surface area contributed by atoms with Crippen molar-refractivity contribution in [2.75, 3.05) is 41.8 Å². The molecule has 154 valence electrons. The van der Waals surface area contributed by atoms with E-state index in [1.165, 1.54) is 29.2 Å². The van der Waals surface area contributed by atoms with E-state index in [4.69, 9.17) is 0 Å². The zero-order valence-electron chi connectivity index (χ0n) is 16.5. The van der Waals surface area contributed by atoms with Crippen molar-refractivity contribution >= 4 is 34.7 Å². The van der Waals surface area contributed by atoms with Gasteiger partial charge in [-0.1, -0.05) is 24.3 Å². The maximum atomic E-state index is 12.4. The lowest BCUT2D eigenvalue weighted by molar-refractivity contribution is -0.383. The third-order valence-corrected chi connectivity index (χ3v) is 5.85. The van der Waals surface area contributed by atoms with E-state index >= 15 is 0 Å². The lowest BCUT2D eigenvalue weighted by Crippen LogP contribution is -2.34. The molecular formula is C21H26N4O3S. The SMILES string of the molecule is CC(Nc1ccc(CCN2CCSCC2)cc1)C(=O)Nc1ccccc1[N+](=O)[O-]. The Morgan fingerprint density at radius 3 is 2.55 bits per heavy atom. The fourth-order valence-corrected chi connectivity index (χ4v) is 4.15. The number of hydrogen-bond donors (Lipinski definition) is 2. The Morgan fingerprint density at radius 1 is 1.17 bits per heavy atom. The molecule has 0 aliphatic carbocycles. The molecule has 1 aliphatic heterocycles. The van der Waals surface area contributed by atoms with Crippen LogP contribution in [-0.4, -0.2) is 52.9 Å². The van der Waals surface area contributed by atoms with Crippen molar-refractivity contribution in [1.82, 2.24) is 4.90 Å². The van der Waals surface area contributed by atoms with Crippen molar-refractivity contribution in [1.29, 1.82) is 0 Å². The van der Waals surface area contributed by atoms with E-state index in [0.29, 0.717) is 0 Å². The summed E-state index contributed by atoms with van der Waals surface area (Å²) in [4.78, 5) is 25.5. The van der Waals surface area contributed by atoms with E-state index in [0.717, 1.165) is 31.7 Å². The Labute approximate surface area is 175 Å². The van der Waals surface area contributed by atoms with Crippen molar-refractivity contribution in [3.05, 3.63) is 64.2 Å². The summed E-state index contributed by atoms with van der Waals surface area (Å²) in [5.41, 5.74) is 2.19. The van der Waals surface area contributed by atoms with Gasteiger partial charge in [-0.25, -0.2) is 0 Å². The van der Waals surface area contributed by atoms with E-state index in [9.17, 15) is 14.9 Å². The second-order valence-corrected chi connectivity index (χ2v) is 8.26. The summed E-state index contributed by atoms with van der Waals surface area (Å²) in [5.74, 6) is 2.11. The molecule has 0 aromatic heterocycles. The molecule has 0 radical (unpaired) electrons. The number of carbonyl (C=O) groups excluding carboxylic acids is 1. The van der Waals surface area contributed by atoms with Gasteiger partial charge in [-0.15, -0.1) is 0 Å². The van der Waals surface area contributed by atoms with Crippen LogP contribution in [0.1, 0.15) is 12.5 Å². The molecule has 2 N–H and O–H groups in total. The van der Waals surface area contributed by atoms with Crippen molar-refractivity contribution in [3.8, 4) is 0 Å². The number of thioether (sulfide) groups is 1. The van der Waals surface area contributed by atoms with Gasteiger partial charge in [0, 0.05) is 42.9 Å². The molecule has 1 fully saturated rings. The smallest absolute Gasteiger partial charge is 0.292 e. The van der Waals surface area contributed by atoms with Crippen molar-refractivity contribution in [2.24, 2.45) is 0 Å². The van der Waals surface area contributed by atoms with Gasteiger partial charge in [0.05, 0.1) is 4.92 Å². The van der Waals surface area contributed by atoms with Crippen LogP contribution in [0, 0.1) is 10.1 Å². The number of anilines is 2. The van der Waals surface area contributed by atoms with Gasteiger partial charge in [-0.05, 0) is 37.1 Å². The Morgan fingerprint density at radius 2 is 1.86 bits per heavy atom. The summed E-state index contributed by atoms with van der Waals surface area (Å²) >= 11 is 2.02. The van der Waals surface area contributed by atoms with E-state index in [-0.39, 0.29) is 17.3 Å². The number of nitrogens with one attached hydrogen (secondary N) is 2. The molecule has 0 spiro atoms. The second kappa shape index (κ2) is 10.3. The average molecular weight is 415 g/mol. The Balaban J connectivity index is 1.51. The summed E-state index contributed by atoms with van der Waals surface area (Å²) in [5, 5.41) is 16.9. The largest absolute Gasteiger partial charge is 0.374 e. The molecule has 1 heterocycles. The Hall–Kier alpha value is -2.58. The van der Waals surface area contributed by atoms with E-state index in [1.54, 1.807) is 19.1 Å². The van der Waals surface area contributed by atoms with Gasteiger partial charge in [0.1, 0.15) is 11.7 Å². The van der Waals surface area contributed by atoms with Crippen LogP contribution >= 0.6 is 11.8 Å². The zero-order valence-corrected chi connectivity index (χ0v) is 17.3. The van der Waals surface area contributed by atoms with Gasteiger partial charge < -0.3 is 15.5 Å². The van der Waals surface area contributed by atoms with Crippen LogP contribution in [0.2, 0.25) is 0 Å². The van der Waals surface area contributed by atoms with Gasteiger partial charge in [-0.3, -0.25) is 14.9 Å². The number of nitro benzene ring substituents is 1. The molecule has 1 atom stereocenters. The number of carbonyl (C=O) groups is 1. The predicted molar refractivity (Wildman–Crippen MR) is 119 cm³/mol. The number of amides is 1. The van der Waals surface area contributed by atoms with Gasteiger partial charge in [0.25, 0.3) is 5.69 Å². The highest BCUT2D eigenvalue weighted by Gasteiger charge is 2.18. The Bertz CT molecular complexity index is 838. The Kier molecular flexibility index (Phi) is 7.48. The lowest BCUT2D eigenvalue weighted by atomic mass is 10.1. The molecule has 0 saturated carbocycles. The second-order valence-electron chi connectivity index (χ2n) is 7.03. The van der Waals surface area contributed by atoms with Gasteiger partial charge in [-0.2, -0.15) is 11.8 Å². The highest BCUT2D eigenvalue weighted by atomic mass is 32.2. The number of rotatable bonds is 8. The lowest BCUT2D eigenvalue weighted by Gasteiger charge is -2.26. The number of hydrogen-bond acceptors (Lipinski definition) is 6. The van der Waals surface area contributed by atoms with Gasteiger partial charge in [0.2, 0.25) is 5.91 Å². The van der Waals surface area contributed by atoms with Crippen LogP contribution in [0.3, 0.4) is 0 Å². The first-order valence-corrected chi connectivity index (χ1v) is 10.9. The van der Waals surface area contributed by atoms with Crippen molar-refractivity contribution in [3.63, 3.8) is 0 Å². The minimum atomic E-state index is -0.536. The number of nitrogens with zero attached hydrogens (tertiary/aromatic N) is 2. The molecule has 2 aromatic carbocycles. The topological polar surface area (TPSA) is 87.5 Å². The maximum absolute atomic E-state index is 12.4. The summed E-state index contributed by atoms with van der Waals surface area (Å²) < 4.78 is 0. The molecule has 1 unspecified atom stereocenters. The summed E-state index contributed by atoms with van der Waals surface area (Å²) in [6.07, 6.45) is 1.01. The normalized spacial score (nSPS) is 15.5. The molecule has 2 aromatic rings. The average Bonchev–Trinajstić information content (AvgIpc) is 2.74. The highest BCUT2D eigenvalue weighted by Crippen LogP contribution is 2.23. The fraction of sp³-hybridized carbons (Fsp3) is 0.381. The first kappa shape index (κ1) is 21.1. The number of nitro groups is 1. The molecule has 0 bridgehead atoms. The molecule has 1 amide bonds. The minimum absolute atomic E-state index is 0.121. The standard InChI is InChI=1S/C21H26N4O3S/c1-16(21(26)23-19-4-2-3-5-20(19)25(27)28)22-18-8-6-17(7-9-18)10-11-24-12-14-29-15-13-24/h2-9,16,22H,10-15H2,1H3,(H,23,26). The third-order valence-electron chi connectivity index (χ3n) is 4.91. The van der Waals surface area contributed by atoms with Crippen LogP contribution in [-0.2, 0) is 11.2 Å². The summed E-state index contributed by atoms with van der Waals surface area (Å²) in [6.45, 7) is 5.13. The molecular weight excluding hydrogens is 388 g/mol. The van der Waals surface area contributed by atoms with Gasteiger partial charge in [0.15, 0.2) is 0 Å². The first-order valence-electron chi connectivity index (χ1n) is 9.73. The zero-order chi connectivity index (χ0) is 20.6. The van der Waals surface area contributed by atoms with E-state index in [2.05, 4.69) is 27.7 Å². The summed E-state index contributed by atoms with van der Waals surface area (Å²) in [6, 6.07) is 13.7. The van der Waals surface area contributed by atoms with Crippen LogP contribution < -0.4 is 10.6 Å². The first-order chi connectivity index (χ1) is 14.0. The molecule has 1 aliphatic rings. The number of para-hydroxylation sites is 2. The van der Waals surface area contributed by atoms with Crippen LogP contribution in [0.4, 0.5) is 17.1 Å². The molecule has 7 nitrogen and oxygen atoms in total. The maximum Gasteiger partial charge on any atom is 0.292 e. The summed E-state index contributed by atoms with van der Waals surface area (Å²) in [7, 11) is 0. The third kappa shape index (κ3) is 6.20. The monoisotopic (exact) mass is 414 g/mol. The fourth-order valence-electron chi connectivity index (χ4n) is 3.17. The molecule has 29 heavy (non-hydrogen) atoms. The van der Waals surface area contributed by atoms with Gasteiger partial charge >= 0.3 is 0 Å². The van der Waals surface area contributed by atoms with Crippen molar-refractivity contribution in [2.45, 2.75) is 19.4 Å².